The molecule has 0 N–H and O–H groups in total. The van der Waals surface area contributed by atoms with Gasteiger partial charge >= 0.3 is 5.97 Å². The van der Waals surface area contributed by atoms with Gasteiger partial charge in [0.05, 0.1) is 5.57 Å². The third-order valence-corrected chi connectivity index (χ3v) is 5.75. The van der Waals surface area contributed by atoms with Crippen molar-refractivity contribution in [1.29, 1.82) is 0 Å². The number of aryl methyl sites for hydroxylation is 1. The molecule has 0 fully saturated rings. The van der Waals surface area contributed by atoms with E-state index in [-0.39, 0.29) is 11.5 Å². The molecule has 0 saturated carbocycles. The van der Waals surface area contributed by atoms with E-state index in [2.05, 4.69) is 0 Å². The van der Waals surface area contributed by atoms with Crippen LogP contribution in [-0.4, -0.2) is 23.0 Å². The van der Waals surface area contributed by atoms with Crippen LogP contribution < -0.4 is 0 Å². The monoisotopic (exact) mass is 452 g/mol. The molecule has 0 atom stereocenters. The smallest absolute Gasteiger partial charge is 0.335 e. The van der Waals surface area contributed by atoms with E-state index in [1.807, 2.05) is 63.2 Å². The van der Waals surface area contributed by atoms with Crippen molar-refractivity contribution in [2.24, 2.45) is 0 Å². The first-order valence-corrected chi connectivity index (χ1v) is 11.1. The van der Waals surface area contributed by atoms with Crippen molar-refractivity contribution < 1.29 is 19.1 Å². The molecule has 1 aliphatic heterocycles. The minimum Gasteiger partial charge on any atom is -0.424 e. The molecule has 0 saturated heterocycles. The molecule has 2 aromatic rings. The number of allylic oxidation sites excluding steroid dienone is 1. The van der Waals surface area contributed by atoms with Crippen molar-refractivity contribution >= 4 is 28.9 Å². The average molecular weight is 453 g/mol. The average Bonchev–Trinajstić information content (AvgIpc) is 2.72. The summed E-state index contributed by atoms with van der Waals surface area (Å²) >= 11 is 6.05. The summed E-state index contributed by atoms with van der Waals surface area (Å²) < 4.78 is 11.8. The van der Waals surface area contributed by atoms with Crippen molar-refractivity contribution in [1.82, 2.24) is 0 Å². The van der Waals surface area contributed by atoms with E-state index in [4.69, 9.17) is 21.1 Å². The highest BCUT2D eigenvalue weighted by Gasteiger charge is 2.48. The van der Waals surface area contributed by atoms with E-state index >= 15 is 0 Å². The summed E-state index contributed by atoms with van der Waals surface area (Å²) in [5, 5.41) is 0.656. The van der Waals surface area contributed by atoms with Gasteiger partial charge in [0.15, 0.2) is 11.5 Å². The van der Waals surface area contributed by atoms with Crippen LogP contribution in [0.3, 0.4) is 0 Å². The molecule has 0 amide bonds. The highest BCUT2D eigenvalue weighted by molar-refractivity contribution is 6.30. The molecular weight excluding hydrogens is 424 g/mol. The minimum atomic E-state index is -1.07. The lowest BCUT2D eigenvalue weighted by atomic mass is 9.80. The molecule has 0 aliphatic carbocycles. The van der Waals surface area contributed by atoms with E-state index in [1.54, 1.807) is 26.8 Å². The topological polar surface area (TPSA) is 52.6 Å². The van der Waals surface area contributed by atoms with Gasteiger partial charge in [-0.05, 0) is 81.5 Å². The number of carbonyl (C=O) groups excluding carboxylic acids is 2. The molecule has 0 aromatic heterocycles. The zero-order chi connectivity index (χ0) is 23.7. The predicted octanol–water partition coefficient (Wildman–Crippen LogP) is 6.56. The number of halogens is 1. The van der Waals surface area contributed by atoms with E-state index in [0.717, 1.165) is 22.3 Å². The van der Waals surface area contributed by atoms with Crippen molar-refractivity contribution in [2.75, 3.05) is 0 Å². The Labute approximate surface area is 194 Å². The molecule has 1 heterocycles. The highest BCUT2D eigenvalue weighted by Crippen LogP contribution is 2.43. The molecule has 3 rings (SSSR count). The molecule has 1 aliphatic rings. The summed E-state index contributed by atoms with van der Waals surface area (Å²) in [5.74, 6) is -0.535. The summed E-state index contributed by atoms with van der Waals surface area (Å²) in [6.07, 6.45) is 3.64. The number of Topliss-reactive ketones (excluding diaryl/α,β-unsaturated/α-hetero) is 1. The van der Waals surface area contributed by atoms with Gasteiger partial charge in [0.1, 0.15) is 11.2 Å². The first kappa shape index (κ1) is 24.0. The molecule has 0 bridgehead atoms. The molecule has 32 heavy (non-hydrogen) atoms. The van der Waals surface area contributed by atoms with Crippen molar-refractivity contribution in [3.63, 3.8) is 0 Å². The largest absolute Gasteiger partial charge is 0.424 e. The van der Waals surface area contributed by atoms with Crippen molar-refractivity contribution in [3.8, 4) is 11.1 Å². The second-order valence-corrected chi connectivity index (χ2v) is 9.25. The van der Waals surface area contributed by atoms with Crippen LogP contribution in [0.5, 0.6) is 0 Å². The Balaban J connectivity index is 2.30. The van der Waals surface area contributed by atoms with Crippen molar-refractivity contribution in [2.45, 2.75) is 59.2 Å². The number of rotatable bonds is 5. The number of ether oxygens (including phenoxy) is 2. The quantitative estimate of drug-likeness (QED) is 0.381. The van der Waals surface area contributed by atoms with Crippen molar-refractivity contribution in [3.05, 3.63) is 76.5 Å². The lowest BCUT2D eigenvalue weighted by molar-refractivity contribution is -0.164. The van der Waals surface area contributed by atoms with Crippen LogP contribution in [0.25, 0.3) is 16.7 Å². The van der Waals surface area contributed by atoms with Gasteiger partial charge in [0.25, 0.3) is 0 Å². The molecule has 2 aromatic carbocycles. The Morgan fingerprint density at radius 3 is 2.25 bits per heavy atom. The van der Waals surface area contributed by atoms with E-state index in [0.29, 0.717) is 17.0 Å². The molecular formula is C27H29ClO4. The number of ketones is 1. The van der Waals surface area contributed by atoms with Crippen LogP contribution in [0.4, 0.5) is 0 Å². The Kier molecular flexibility index (Phi) is 6.77. The zero-order valence-electron chi connectivity index (χ0n) is 19.4. The normalized spacial score (nSPS) is 17.7. The SMILES string of the molecule is CC=CC(=O)OC1=C(c2cc(-c3ccc(Cl)cc3)ccc2CC)C(=O)C(C)(C)OC1(C)C. The van der Waals surface area contributed by atoms with Gasteiger partial charge in [-0.2, -0.15) is 0 Å². The predicted molar refractivity (Wildman–Crippen MR) is 128 cm³/mol. The van der Waals surface area contributed by atoms with Gasteiger partial charge in [0.2, 0.25) is 0 Å². The van der Waals surface area contributed by atoms with Crippen LogP contribution in [0, 0.1) is 0 Å². The van der Waals surface area contributed by atoms with Gasteiger partial charge in [-0.25, -0.2) is 4.79 Å². The van der Waals surface area contributed by atoms with E-state index in [1.165, 1.54) is 6.08 Å². The lowest BCUT2D eigenvalue weighted by Crippen LogP contribution is -2.50. The van der Waals surface area contributed by atoms with Gasteiger partial charge in [0, 0.05) is 11.1 Å². The molecule has 0 radical (unpaired) electrons. The Bertz CT molecular complexity index is 1100. The third-order valence-electron chi connectivity index (χ3n) is 5.50. The van der Waals surface area contributed by atoms with Crippen LogP contribution in [0.15, 0.2) is 60.4 Å². The number of carbonyl (C=O) groups is 2. The van der Waals surface area contributed by atoms with E-state index < -0.39 is 17.2 Å². The number of benzene rings is 2. The summed E-state index contributed by atoms with van der Waals surface area (Å²) in [6, 6.07) is 13.6. The Hall–Kier alpha value is -2.69. The fourth-order valence-electron chi connectivity index (χ4n) is 4.06. The van der Waals surface area contributed by atoms with Gasteiger partial charge in [-0.1, -0.05) is 48.9 Å². The summed E-state index contributed by atoms with van der Waals surface area (Å²) in [7, 11) is 0. The standard InChI is InChI=1S/C27H29ClO4/c1-7-9-22(29)31-25-23(24(30)26(3,4)32-27(25,5)6)21-16-19(11-10-17(21)8-2)18-12-14-20(28)15-13-18/h7,9-16H,8H2,1-6H3. The fourth-order valence-corrected chi connectivity index (χ4v) is 4.19. The number of hydrogen-bond acceptors (Lipinski definition) is 4. The molecule has 5 heteroatoms. The molecule has 0 spiro atoms. The second kappa shape index (κ2) is 9.05. The summed E-state index contributed by atoms with van der Waals surface area (Å²) in [4.78, 5) is 26.0. The first-order valence-electron chi connectivity index (χ1n) is 10.7. The maximum Gasteiger partial charge on any atom is 0.335 e. The van der Waals surface area contributed by atoms with Crippen LogP contribution in [0.1, 0.15) is 52.7 Å². The van der Waals surface area contributed by atoms with Gasteiger partial charge in [-0.3, -0.25) is 4.79 Å². The van der Waals surface area contributed by atoms with Gasteiger partial charge in [-0.15, -0.1) is 0 Å². The summed E-state index contributed by atoms with van der Waals surface area (Å²) in [6.45, 7) is 10.9. The molecule has 0 unspecified atom stereocenters. The Morgan fingerprint density at radius 2 is 1.66 bits per heavy atom. The highest BCUT2D eigenvalue weighted by atomic mass is 35.5. The van der Waals surface area contributed by atoms with E-state index in [9.17, 15) is 9.59 Å². The summed E-state index contributed by atoms with van der Waals surface area (Å²) in [5.41, 5.74) is 1.98. The Morgan fingerprint density at radius 1 is 1.03 bits per heavy atom. The van der Waals surface area contributed by atoms with Gasteiger partial charge < -0.3 is 9.47 Å². The maximum atomic E-state index is 13.6. The maximum absolute atomic E-state index is 13.6. The zero-order valence-corrected chi connectivity index (χ0v) is 20.2. The number of hydrogen-bond donors (Lipinski definition) is 0. The van der Waals surface area contributed by atoms with Crippen LogP contribution in [-0.2, 0) is 25.5 Å². The molecule has 4 nitrogen and oxygen atoms in total. The molecule has 168 valence electrons. The van der Waals surface area contributed by atoms with Crippen LogP contribution >= 0.6 is 11.6 Å². The lowest BCUT2D eigenvalue weighted by Gasteiger charge is -2.42. The fraction of sp³-hybridized carbons (Fsp3) is 0.333. The number of esters is 1. The third kappa shape index (κ3) is 4.72. The second-order valence-electron chi connectivity index (χ2n) is 8.81. The minimum absolute atomic E-state index is 0.219. The van der Waals surface area contributed by atoms with Crippen LogP contribution in [0.2, 0.25) is 5.02 Å². The first-order chi connectivity index (χ1) is 15.0.